The van der Waals surface area contributed by atoms with Crippen LogP contribution in [0.4, 0.5) is 0 Å². The first-order valence-corrected chi connectivity index (χ1v) is 7.98. The van der Waals surface area contributed by atoms with Crippen LogP contribution in [0.5, 0.6) is 0 Å². The molecule has 1 heterocycles. The molecular formula is C18H24N2O2. The largest absolute Gasteiger partial charge is 0.381 e. The number of rotatable bonds is 4. The number of carbonyl (C=O) groups excluding carboxylic acids is 1. The third-order valence-electron chi connectivity index (χ3n) is 5.07. The molecule has 0 saturated carbocycles. The molecule has 118 valence electrons. The smallest absolute Gasteiger partial charge is 0.221 e. The zero-order valence-corrected chi connectivity index (χ0v) is 12.9. The van der Waals surface area contributed by atoms with Crippen molar-refractivity contribution in [3.8, 4) is 0 Å². The summed E-state index contributed by atoms with van der Waals surface area (Å²) in [5.41, 5.74) is 8.55. The van der Waals surface area contributed by atoms with Gasteiger partial charge in [0.15, 0.2) is 0 Å². The molecule has 4 heteroatoms. The summed E-state index contributed by atoms with van der Waals surface area (Å²) in [5, 5.41) is 3.13. The van der Waals surface area contributed by atoms with Gasteiger partial charge in [0.05, 0.1) is 12.1 Å². The molecule has 0 spiro atoms. The van der Waals surface area contributed by atoms with Gasteiger partial charge < -0.3 is 15.8 Å². The van der Waals surface area contributed by atoms with E-state index in [9.17, 15) is 4.79 Å². The lowest BCUT2D eigenvalue weighted by atomic mass is 9.77. The van der Waals surface area contributed by atoms with Crippen LogP contribution in [0, 0.1) is 5.41 Å². The summed E-state index contributed by atoms with van der Waals surface area (Å²) in [4.78, 5) is 12.5. The number of hydrogen-bond acceptors (Lipinski definition) is 3. The molecule has 2 atom stereocenters. The number of carbonyl (C=O) groups is 1. The van der Waals surface area contributed by atoms with Crippen molar-refractivity contribution < 1.29 is 9.53 Å². The van der Waals surface area contributed by atoms with E-state index in [1.54, 1.807) is 0 Å². The highest BCUT2D eigenvalue weighted by molar-refractivity contribution is 5.77. The van der Waals surface area contributed by atoms with E-state index in [1.165, 1.54) is 5.56 Å². The Morgan fingerprint density at radius 2 is 2.14 bits per heavy atom. The van der Waals surface area contributed by atoms with Crippen LogP contribution in [0.2, 0.25) is 0 Å². The van der Waals surface area contributed by atoms with Crippen molar-refractivity contribution in [1.82, 2.24) is 5.32 Å². The minimum Gasteiger partial charge on any atom is -0.381 e. The van der Waals surface area contributed by atoms with Crippen LogP contribution in [-0.4, -0.2) is 25.2 Å². The van der Waals surface area contributed by atoms with Crippen molar-refractivity contribution in [2.75, 3.05) is 13.2 Å². The molecular weight excluding hydrogens is 276 g/mol. The van der Waals surface area contributed by atoms with Crippen molar-refractivity contribution in [3.05, 3.63) is 48.0 Å². The van der Waals surface area contributed by atoms with Gasteiger partial charge in [0.2, 0.25) is 5.91 Å². The van der Waals surface area contributed by atoms with Gasteiger partial charge in [-0.25, -0.2) is 0 Å². The molecule has 3 rings (SSSR count). The zero-order chi connectivity index (χ0) is 15.6. The minimum absolute atomic E-state index is 0.00777. The van der Waals surface area contributed by atoms with Gasteiger partial charge in [-0.3, -0.25) is 4.79 Å². The Morgan fingerprint density at radius 3 is 2.82 bits per heavy atom. The fraction of sp³-hybridized carbons (Fsp3) is 0.500. The second-order valence-corrected chi connectivity index (χ2v) is 6.46. The van der Waals surface area contributed by atoms with Crippen molar-refractivity contribution in [1.29, 1.82) is 0 Å². The van der Waals surface area contributed by atoms with Crippen molar-refractivity contribution >= 4 is 5.91 Å². The molecule has 1 saturated heterocycles. The van der Waals surface area contributed by atoms with E-state index in [0.29, 0.717) is 19.6 Å². The van der Waals surface area contributed by atoms with Gasteiger partial charge in [-0.2, -0.15) is 0 Å². The maximum Gasteiger partial charge on any atom is 0.221 e. The second-order valence-electron chi connectivity index (χ2n) is 6.46. The number of nitrogens with two attached hydrogens (primary N) is 1. The number of fused-ring (bicyclic) bond motifs is 1. The highest BCUT2D eigenvalue weighted by atomic mass is 16.5. The van der Waals surface area contributed by atoms with Crippen LogP contribution in [0.1, 0.15) is 36.4 Å². The highest BCUT2D eigenvalue weighted by Gasteiger charge is 2.35. The third-order valence-corrected chi connectivity index (χ3v) is 5.07. The summed E-state index contributed by atoms with van der Waals surface area (Å²) in [6.07, 6.45) is 4.94. The molecule has 4 nitrogen and oxygen atoms in total. The number of allylic oxidation sites excluding steroid dienone is 1. The first-order chi connectivity index (χ1) is 10.6. The Bertz CT molecular complexity index is 564. The van der Waals surface area contributed by atoms with Gasteiger partial charge >= 0.3 is 0 Å². The zero-order valence-electron chi connectivity index (χ0n) is 12.9. The van der Waals surface area contributed by atoms with Crippen LogP contribution in [0.25, 0.3) is 0 Å². The first kappa shape index (κ1) is 15.3. The summed E-state index contributed by atoms with van der Waals surface area (Å²) < 4.78 is 5.40. The predicted molar refractivity (Wildman–Crippen MR) is 86.3 cm³/mol. The molecule has 1 aliphatic carbocycles. The Balaban J connectivity index is 1.62. The molecule has 0 bridgehead atoms. The molecule has 1 aromatic rings. The van der Waals surface area contributed by atoms with Crippen LogP contribution < -0.4 is 11.1 Å². The average molecular weight is 300 g/mol. The quantitative estimate of drug-likeness (QED) is 0.837. The number of nitrogens with one attached hydrogen (secondary N) is 1. The van der Waals surface area contributed by atoms with Crippen molar-refractivity contribution in [2.24, 2.45) is 11.1 Å². The van der Waals surface area contributed by atoms with Gasteiger partial charge in [0.1, 0.15) is 0 Å². The van der Waals surface area contributed by atoms with Gasteiger partial charge in [-0.1, -0.05) is 30.3 Å². The van der Waals surface area contributed by atoms with Gasteiger partial charge in [0, 0.05) is 25.0 Å². The lowest BCUT2D eigenvalue weighted by molar-refractivity contribution is -0.124. The Labute approximate surface area is 131 Å². The van der Waals surface area contributed by atoms with Gasteiger partial charge in [0.25, 0.3) is 0 Å². The topological polar surface area (TPSA) is 64.4 Å². The molecule has 0 aromatic heterocycles. The van der Waals surface area contributed by atoms with Crippen molar-refractivity contribution in [3.63, 3.8) is 0 Å². The van der Waals surface area contributed by atoms with E-state index in [1.807, 2.05) is 18.2 Å². The summed E-state index contributed by atoms with van der Waals surface area (Å²) in [5.74, 6) is 0.0649. The normalized spacial score (nSPS) is 26.2. The van der Waals surface area contributed by atoms with E-state index in [2.05, 4.69) is 24.0 Å². The third kappa shape index (κ3) is 2.94. The summed E-state index contributed by atoms with van der Waals surface area (Å²) in [6, 6.07) is 8.03. The predicted octanol–water partition coefficient (Wildman–Crippen LogP) is 2.10. The van der Waals surface area contributed by atoms with Gasteiger partial charge in [-0.15, -0.1) is 6.58 Å². The number of hydrogen-bond donors (Lipinski definition) is 2. The fourth-order valence-electron chi connectivity index (χ4n) is 3.58. The van der Waals surface area contributed by atoms with Crippen LogP contribution >= 0.6 is 0 Å². The number of ether oxygens (including phenoxy) is 1. The monoisotopic (exact) mass is 300 g/mol. The summed E-state index contributed by atoms with van der Waals surface area (Å²) in [7, 11) is 0. The Hall–Kier alpha value is -1.65. The highest BCUT2D eigenvalue weighted by Crippen LogP contribution is 2.36. The molecule has 1 amide bonds. The standard InChI is InChI=1S/C18H24N2O2/c1-2-18(7-9-22-10-8-18)12-16(21)20-15-11-13-5-3-4-6-14(13)17(15)19/h2-6,15,17H,1,7-12,19H2,(H,20,21)/t15-,17-/m1/s1. The van der Waals surface area contributed by atoms with Crippen LogP contribution in [0.15, 0.2) is 36.9 Å². The van der Waals surface area contributed by atoms with Crippen molar-refractivity contribution in [2.45, 2.75) is 37.8 Å². The molecule has 0 unspecified atom stereocenters. The average Bonchev–Trinajstić information content (AvgIpc) is 2.85. The molecule has 1 aliphatic heterocycles. The molecule has 1 aromatic carbocycles. The number of amides is 1. The molecule has 3 N–H and O–H groups in total. The van der Waals surface area contributed by atoms with E-state index in [4.69, 9.17) is 10.5 Å². The summed E-state index contributed by atoms with van der Waals surface area (Å²) in [6.45, 7) is 5.33. The Morgan fingerprint density at radius 1 is 1.41 bits per heavy atom. The lowest BCUT2D eigenvalue weighted by Crippen LogP contribution is -2.43. The SMILES string of the molecule is C=CC1(CC(=O)N[C@@H]2Cc3ccccc3[C@H]2N)CCOCC1. The van der Waals surface area contributed by atoms with E-state index in [0.717, 1.165) is 24.8 Å². The maximum absolute atomic E-state index is 12.5. The molecule has 2 aliphatic rings. The van der Waals surface area contributed by atoms with E-state index >= 15 is 0 Å². The maximum atomic E-state index is 12.5. The van der Waals surface area contributed by atoms with Crippen LogP contribution in [0.3, 0.4) is 0 Å². The first-order valence-electron chi connectivity index (χ1n) is 7.98. The fourth-order valence-corrected chi connectivity index (χ4v) is 3.58. The molecule has 1 fully saturated rings. The second kappa shape index (κ2) is 6.23. The van der Waals surface area contributed by atoms with E-state index < -0.39 is 0 Å². The summed E-state index contributed by atoms with van der Waals surface area (Å²) >= 11 is 0. The molecule has 0 radical (unpaired) electrons. The lowest BCUT2D eigenvalue weighted by Gasteiger charge is -2.34. The minimum atomic E-state index is -0.127. The van der Waals surface area contributed by atoms with Gasteiger partial charge in [-0.05, 0) is 30.4 Å². The number of benzene rings is 1. The van der Waals surface area contributed by atoms with E-state index in [-0.39, 0.29) is 23.4 Å². The Kier molecular flexibility index (Phi) is 4.32. The molecule has 22 heavy (non-hydrogen) atoms. The van der Waals surface area contributed by atoms with Crippen LogP contribution in [-0.2, 0) is 16.0 Å².